The predicted octanol–water partition coefficient (Wildman–Crippen LogP) is 8.85. The van der Waals surface area contributed by atoms with Gasteiger partial charge in [-0.1, -0.05) is 48.0 Å². The number of ether oxygens (including phenoxy) is 3. The summed E-state index contributed by atoms with van der Waals surface area (Å²) in [5, 5.41) is 6.32. The first-order valence-electron chi connectivity index (χ1n) is 12.7. The van der Waals surface area contributed by atoms with E-state index in [1.807, 2.05) is 48.7 Å². The Bertz CT molecular complexity index is 1540. The van der Waals surface area contributed by atoms with Gasteiger partial charge in [0.25, 0.3) is 0 Å². The van der Waals surface area contributed by atoms with Crippen molar-refractivity contribution < 1.29 is 28.2 Å². The van der Waals surface area contributed by atoms with Crippen molar-refractivity contribution >= 4 is 52.0 Å². The fraction of sp³-hybridized carbons (Fsp3) is 0.267. The third-order valence-corrected chi connectivity index (χ3v) is 9.12. The molecule has 4 aromatic rings. The molecule has 5 rings (SSSR count). The maximum atomic E-state index is 14.4. The summed E-state index contributed by atoms with van der Waals surface area (Å²) in [4.78, 5) is 25.6. The highest BCUT2D eigenvalue weighted by Crippen LogP contribution is 2.50. The largest absolute Gasteiger partial charge is 0.496 e. The van der Waals surface area contributed by atoms with Gasteiger partial charge in [-0.15, -0.1) is 11.3 Å². The van der Waals surface area contributed by atoms with Gasteiger partial charge in [-0.2, -0.15) is 15.7 Å². The normalized spacial score (nSPS) is 14.3. The van der Waals surface area contributed by atoms with Gasteiger partial charge >= 0.3 is 12.1 Å². The zero-order valence-corrected chi connectivity index (χ0v) is 24.5. The molecule has 208 valence electrons. The van der Waals surface area contributed by atoms with Crippen molar-refractivity contribution in [2.75, 3.05) is 19.0 Å². The van der Waals surface area contributed by atoms with Crippen molar-refractivity contribution in [2.24, 2.45) is 0 Å². The minimum Gasteiger partial charge on any atom is -0.496 e. The van der Waals surface area contributed by atoms with Crippen LogP contribution in [0.1, 0.15) is 43.9 Å². The molecule has 0 bridgehead atoms. The van der Waals surface area contributed by atoms with Gasteiger partial charge in [-0.25, -0.2) is 4.79 Å². The molecule has 1 unspecified atom stereocenters. The molecule has 0 radical (unpaired) electrons. The molecule has 6 nitrogen and oxygen atoms in total. The quantitative estimate of drug-likeness (QED) is 0.195. The zero-order chi connectivity index (χ0) is 28.4. The Balaban J connectivity index is 1.36. The number of carbonyl (C=O) groups is 2. The third kappa shape index (κ3) is 5.59. The number of esters is 1. The van der Waals surface area contributed by atoms with Crippen LogP contribution in [0.4, 0.5) is 14.9 Å². The Kier molecular flexibility index (Phi) is 8.16. The lowest BCUT2D eigenvalue weighted by atomic mass is 9.93. The number of rotatable bonds is 9. The van der Waals surface area contributed by atoms with Crippen LogP contribution < -0.4 is 10.1 Å². The standard InChI is InChI=1S/C30H27ClFNO5S2/c1-4-37-28(34)30(11-12-30)20-8-5-18(6-9-20)21-10-7-19(13-25(21)36-3)27-24(14-26(32)40-27)33-29(35)38-17(2)22-15-39-16-23(22)31/h5-10,13-17H,4,11-12H2,1-3H3,(H,33,35). The fourth-order valence-electron chi connectivity index (χ4n) is 4.66. The monoisotopic (exact) mass is 599 g/mol. The summed E-state index contributed by atoms with van der Waals surface area (Å²) in [6.07, 6.45) is 0.285. The Morgan fingerprint density at radius 2 is 1.82 bits per heavy atom. The van der Waals surface area contributed by atoms with Crippen LogP contribution in [-0.2, 0) is 19.7 Å². The molecular formula is C30H27ClFNO5S2. The van der Waals surface area contributed by atoms with Crippen LogP contribution in [0.5, 0.6) is 5.75 Å². The van der Waals surface area contributed by atoms with Crippen LogP contribution in [-0.4, -0.2) is 25.8 Å². The number of nitrogens with one attached hydrogen (secondary N) is 1. The highest BCUT2D eigenvalue weighted by molar-refractivity contribution is 7.14. The molecule has 1 N–H and O–H groups in total. The van der Waals surface area contributed by atoms with E-state index < -0.39 is 22.7 Å². The lowest BCUT2D eigenvalue weighted by Crippen LogP contribution is -2.23. The summed E-state index contributed by atoms with van der Waals surface area (Å²) in [5.41, 5.74) is 3.83. The van der Waals surface area contributed by atoms with Gasteiger partial charge < -0.3 is 14.2 Å². The lowest BCUT2D eigenvalue weighted by Gasteiger charge is -2.16. The summed E-state index contributed by atoms with van der Waals surface area (Å²) < 4.78 is 30.8. The van der Waals surface area contributed by atoms with E-state index in [9.17, 15) is 14.0 Å². The number of hydrogen-bond donors (Lipinski definition) is 1. The van der Waals surface area contributed by atoms with Gasteiger partial charge in [-0.3, -0.25) is 10.1 Å². The molecule has 2 heterocycles. The smallest absolute Gasteiger partial charge is 0.412 e. The van der Waals surface area contributed by atoms with Crippen molar-refractivity contribution in [3.8, 4) is 27.3 Å². The maximum absolute atomic E-state index is 14.4. The second-order valence-corrected chi connectivity index (χ2v) is 11.6. The highest BCUT2D eigenvalue weighted by atomic mass is 35.5. The summed E-state index contributed by atoms with van der Waals surface area (Å²) >= 11 is 8.48. The second kappa shape index (κ2) is 11.6. The Hall–Kier alpha value is -3.40. The molecule has 1 amide bonds. The summed E-state index contributed by atoms with van der Waals surface area (Å²) in [6, 6.07) is 14.6. The fourth-order valence-corrected chi connectivity index (χ4v) is 6.71. The number of hydrogen-bond acceptors (Lipinski definition) is 7. The van der Waals surface area contributed by atoms with Gasteiger partial charge in [0.1, 0.15) is 11.9 Å². The summed E-state index contributed by atoms with van der Waals surface area (Å²) in [7, 11) is 1.57. The number of methoxy groups -OCH3 is 1. The zero-order valence-electron chi connectivity index (χ0n) is 22.1. The Labute approximate surface area is 244 Å². The van der Waals surface area contributed by atoms with E-state index in [1.54, 1.807) is 25.5 Å². The Morgan fingerprint density at radius 1 is 1.10 bits per heavy atom. The number of amides is 1. The van der Waals surface area contributed by atoms with Crippen LogP contribution in [0.25, 0.3) is 21.6 Å². The van der Waals surface area contributed by atoms with Gasteiger partial charge in [0.2, 0.25) is 0 Å². The van der Waals surface area contributed by atoms with Gasteiger partial charge in [-0.05, 0) is 54.8 Å². The van der Waals surface area contributed by atoms with E-state index in [2.05, 4.69) is 5.32 Å². The minimum absolute atomic E-state index is 0.175. The van der Waals surface area contributed by atoms with Crippen LogP contribution in [0, 0.1) is 5.13 Å². The van der Waals surface area contributed by atoms with Gasteiger partial charge in [0, 0.05) is 22.6 Å². The predicted molar refractivity (Wildman–Crippen MR) is 157 cm³/mol. The number of halogens is 2. The average Bonchev–Trinajstić information content (AvgIpc) is 3.52. The van der Waals surface area contributed by atoms with E-state index in [-0.39, 0.29) is 5.97 Å². The molecule has 1 aliphatic carbocycles. The molecule has 1 aliphatic rings. The molecular weight excluding hydrogens is 573 g/mol. The molecule has 10 heteroatoms. The first-order valence-corrected chi connectivity index (χ1v) is 14.8. The van der Waals surface area contributed by atoms with Crippen molar-refractivity contribution in [2.45, 2.75) is 38.2 Å². The van der Waals surface area contributed by atoms with Crippen molar-refractivity contribution in [3.05, 3.63) is 80.6 Å². The third-order valence-electron chi connectivity index (χ3n) is 6.93. The Morgan fingerprint density at radius 3 is 2.45 bits per heavy atom. The van der Waals surface area contributed by atoms with Crippen LogP contribution in [0.2, 0.25) is 5.02 Å². The van der Waals surface area contributed by atoms with Crippen molar-refractivity contribution in [3.63, 3.8) is 0 Å². The highest BCUT2D eigenvalue weighted by Gasteiger charge is 2.52. The van der Waals surface area contributed by atoms with Crippen LogP contribution in [0.15, 0.2) is 59.3 Å². The van der Waals surface area contributed by atoms with Crippen molar-refractivity contribution in [1.29, 1.82) is 0 Å². The SMILES string of the molecule is CCOC(=O)C1(c2ccc(-c3ccc(-c4sc(F)cc4NC(=O)OC(C)c4cscc4Cl)cc3OC)cc2)CC1. The van der Waals surface area contributed by atoms with Crippen LogP contribution in [0.3, 0.4) is 0 Å². The van der Waals surface area contributed by atoms with E-state index in [0.717, 1.165) is 40.9 Å². The summed E-state index contributed by atoms with van der Waals surface area (Å²) in [6.45, 7) is 3.89. The average molecular weight is 600 g/mol. The number of benzene rings is 2. The molecule has 1 saturated carbocycles. The second-order valence-electron chi connectivity index (χ2n) is 9.44. The molecule has 2 aromatic heterocycles. The number of carbonyl (C=O) groups excluding carboxylic acids is 2. The van der Waals surface area contributed by atoms with E-state index in [0.29, 0.717) is 39.1 Å². The van der Waals surface area contributed by atoms with Gasteiger partial charge in [0.15, 0.2) is 5.13 Å². The first-order chi connectivity index (χ1) is 19.3. The molecule has 0 aliphatic heterocycles. The number of thiophene rings is 2. The molecule has 1 atom stereocenters. The van der Waals surface area contributed by atoms with Crippen molar-refractivity contribution in [1.82, 2.24) is 0 Å². The molecule has 0 saturated heterocycles. The maximum Gasteiger partial charge on any atom is 0.412 e. The lowest BCUT2D eigenvalue weighted by molar-refractivity contribution is -0.146. The first kappa shape index (κ1) is 28.1. The summed E-state index contributed by atoms with van der Waals surface area (Å²) in [5.74, 6) is 0.408. The molecule has 2 aromatic carbocycles. The van der Waals surface area contributed by atoms with Crippen LogP contribution >= 0.6 is 34.3 Å². The molecule has 1 fully saturated rings. The minimum atomic E-state index is -0.714. The van der Waals surface area contributed by atoms with E-state index in [1.165, 1.54) is 17.4 Å². The topological polar surface area (TPSA) is 73.9 Å². The molecule has 0 spiro atoms. The number of anilines is 1. The van der Waals surface area contributed by atoms with E-state index >= 15 is 0 Å². The van der Waals surface area contributed by atoms with Gasteiger partial charge in [0.05, 0.1) is 34.7 Å². The van der Waals surface area contributed by atoms with E-state index in [4.69, 9.17) is 25.8 Å². The molecule has 40 heavy (non-hydrogen) atoms.